The van der Waals surface area contributed by atoms with Gasteiger partial charge in [-0.25, -0.2) is 0 Å². The van der Waals surface area contributed by atoms with E-state index in [1.807, 2.05) is 0 Å². The molecule has 0 spiro atoms. The van der Waals surface area contributed by atoms with Gasteiger partial charge in [0.15, 0.2) is 0 Å². The first-order valence-corrected chi connectivity index (χ1v) is 5.85. The molecule has 1 atom stereocenters. The number of nitrogens with one attached hydrogen (secondary N) is 1. The molecule has 0 aromatic heterocycles. The maximum Gasteiger partial charge on any atom is 0.0342 e. The molecular weight excluding hydrogens is 184 g/mol. The lowest BCUT2D eigenvalue weighted by atomic mass is 10.1. The zero-order valence-electron chi connectivity index (χ0n) is 9.45. The van der Waals surface area contributed by atoms with E-state index in [4.69, 9.17) is 0 Å². The van der Waals surface area contributed by atoms with E-state index in [0.717, 1.165) is 0 Å². The van der Waals surface area contributed by atoms with Crippen LogP contribution in [0.15, 0.2) is 30.3 Å². The Morgan fingerprint density at radius 3 is 2.73 bits per heavy atom. The number of rotatable bonds is 2. The summed E-state index contributed by atoms with van der Waals surface area (Å²) in [5, 5.41) is 3.61. The minimum atomic E-state index is 0.650. The summed E-state index contributed by atoms with van der Waals surface area (Å²) in [7, 11) is 2.21. The van der Waals surface area contributed by atoms with Gasteiger partial charge in [0.05, 0.1) is 0 Å². The van der Waals surface area contributed by atoms with E-state index in [0.29, 0.717) is 6.04 Å². The lowest BCUT2D eigenvalue weighted by Gasteiger charge is -2.17. The fraction of sp³-hybridized carbons (Fsp3) is 0.538. The zero-order valence-corrected chi connectivity index (χ0v) is 9.45. The monoisotopic (exact) mass is 204 g/mol. The second-order valence-electron chi connectivity index (χ2n) is 4.44. The standard InChI is InChI=1S/C13H20N2/c1-15-10-5-8-13(9-11-15)14-12-6-3-2-4-7-12/h2-4,6-7,13-14H,5,8-11H2,1H3. The van der Waals surface area contributed by atoms with E-state index >= 15 is 0 Å². The van der Waals surface area contributed by atoms with Crippen molar-refractivity contribution >= 4 is 5.69 Å². The SMILES string of the molecule is CN1CCCC(Nc2ccccc2)CC1. The Labute approximate surface area is 92.3 Å². The Balaban J connectivity index is 1.89. The van der Waals surface area contributed by atoms with Crippen LogP contribution in [0.3, 0.4) is 0 Å². The molecule has 1 aromatic carbocycles. The van der Waals surface area contributed by atoms with E-state index in [1.165, 1.54) is 38.0 Å². The molecule has 2 nitrogen and oxygen atoms in total. The molecule has 0 aliphatic carbocycles. The summed E-state index contributed by atoms with van der Waals surface area (Å²) >= 11 is 0. The summed E-state index contributed by atoms with van der Waals surface area (Å²) in [6, 6.07) is 11.2. The predicted molar refractivity (Wildman–Crippen MR) is 65.2 cm³/mol. The summed E-state index contributed by atoms with van der Waals surface area (Å²) < 4.78 is 0. The van der Waals surface area contributed by atoms with E-state index in [-0.39, 0.29) is 0 Å². The van der Waals surface area contributed by atoms with Crippen LogP contribution in [0, 0.1) is 0 Å². The van der Waals surface area contributed by atoms with Crippen molar-refractivity contribution in [2.45, 2.75) is 25.3 Å². The number of nitrogens with zero attached hydrogens (tertiary/aromatic N) is 1. The van der Waals surface area contributed by atoms with Gasteiger partial charge in [-0.05, 0) is 51.5 Å². The molecule has 0 bridgehead atoms. The van der Waals surface area contributed by atoms with Crippen LogP contribution < -0.4 is 5.32 Å². The van der Waals surface area contributed by atoms with Crippen LogP contribution in [-0.2, 0) is 0 Å². The Hall–Kier alpha value is -1.02. The molecule has 2 heteroatoms. The van der Waals surface area contributed by atoms with Gasteiger partial charge in [0.25, 0.3) is 0 Å². The van der Waals surface area contributed by atoms with Gasteiger partial charge in [-0.15, -0.1) is 0 Å². The number of benzene rings is 1. The Bertz CT molecular complexity index is 284. The third kappa shape index (κ3) is 3.24. The lowest BCUT2D eigenvalue weighted by molar-refractivity contribution is 0.348. The second kappa shape index (κ2) is 5.17. The van der Waals surface area contributed by atoms with Crippen LogP contribution in [0.2, 0.25) is 0 Å². The molecule has 1 fully saturated rings. The number of likely N-dealkylation sites (tertiary alicyclic amines) is 1. The number of para-hydroxylation sites is 1. The Kier molecular flexibility index (Phi) is 3.62. The van der Waals surface area contributed by atoms with Gasteiger partial charge < -0.3 is 10.2 Å². The summed E-state index contributed by atoms with van der Waals surface area (Å²) in [6.45, 7) is 2.46. The summed E-state index contributed by atoms with van der Waals surface area (Å²) in [6.07, 6.45) is 3.85. The molecule has 1 saturated heterocycles. The Morgan fingerprint density at radius 2 is 1.93 bits per heavy atom. The number of hydrogen-bond acceptors (Lipinski definition) is 2. The highest BCUT2D eigenvalue weighted by atomic mass is 15.1. The van der Waals surface area contributed by atoms with Gasteiger partial charge in [-0.3, -0.25) is 0 Å². The van der Waals surface area contributed by atoms with Crippen LogP contribution in [0.4, 0.5) is 5.69 Å². The average molecular weight is 204 g/mol. The molecule has 0 amide bonds. The highest BCUT2D eigenvalue weighted by Gasteiger charge is 2.13. The van der Waals surface area contributed by atoms with Gasteiger partial charge >= 0.3 is 0 Å². The van der Waals surface area contributed by atoms with Crippen LogP contribution >= 0.6 is 0 Å². The molecule has 15 heavy (non-hydrogen) atoms. The number of anilines is 1. The van der Waals surface area contributed by atoms with Crippen molar-refractivity contribution < 1.29 is 0 Å². The molecule has 1 aliphatic heterocycles. The largest absolute Gasteiger partial charge is 0.382 e. The predicted octanol–water partition coefficient (Wildman–Crippen LogP) is 2.58. The smallest absolute Gasteiger partial charge is 0.0342 e. The van der Waals surface area contributed by atoms with Crippen molar-refractivity contribution in [2.24, 2.45) is 0 Å². The zero-order chi connectivity index (χ0) is 10.5. The molecular formula is C13H20N2. The normalized spacial score (nSPS) is 23.4. The van der Waals surface area contributed by atoms with E-state index in [9.17, 15) is 0 Å². The lowest BCUT2D eigenvalue weighted by Crippen LogP contribution is -2.22. The Morgan fingerprint density at radius 1 is 1.13 bits per heavy atom. The minimum absolute atomic E-state index is 0.650. The van der Waals surface area contributed by atoms with Gasteiger partial charge in [-0.1, -0.05) is 18.2 Å². The molecule has 1 aliphatic rings. The van der Waals surface area contributed by atoms with Gasteiger partial charge in [0, 0.05) is 11.7 Å². The molecule has 2 rings (SSSR count). The summed E-state index contributed by atoms with van der Waals surface area (Å²) in [5.41, 5.74) is 1.26. The van der Waals surface area contributed by atoms with E-state index < -0.39 is 0 Å². The second-order valence-corrected chi connectivity index (χ2v) is 4.44. The molecule has 1 aromatic rings. The fourth-order valence-electron chi connectivity index (χ4n) is 2.15. The quantitative estimate of drug-likeness (QED) is 0.796. The summed E-state index contributed by atoms with van der Waals surface area (Å²) in [4.78, 5) is 2.42. The molecule has 1 heterocycles. The van der Waals surface area contributed by atoms with Crippen molar-refractivity contribution in [3.8, 4) is 0 Å². The van der Waals surface area contributed by atoms with Crippen LogP contribution in [0.5, 0.6) is 0 Å². The highest BCUT2D eigenvalue weighted by Crippen LogP contribution is 2.15. The van der Waals surface area contributed by atoms with Crippen LogP contribution in [-0.4, -0.2) is 31.1 Å². The molecule has 82 valence electrons. The van der Waals surface area contributed by atoms with E-state index in [2.05, 4.69) is 47.6 Å². The number of hydrogen-bond donors (Lipinski definition) is 1. The van der Waals surface area contributed by atoms with Crippen molar-refractivity contribution in [2.75, 3.05) is 25.5 Å². The maximum absolute atomic E-state index is 3.61. The first-order chi connectivity index (χ1) is 7.34. The third-order valence-electron chi connectivity index (χ3n) is 3.10. The molecule has 1 N–H and O–H groups in total. The minimum Gasteiger partial charge on any atom is -0.382 e. The fourth-order valence-corrected chi connectivity index (χ4v) is 2.15. The van der Waals surface area contributed by atoms with Crippen LogP contribution in [0.25, 0.3) is 0 Å². The average Bonchev–Trinajstić information content (AvgIpc) is 2.46. The van der Waals surface area contributed by atoms with Crippen molar-refractivity contribution in [1.82, 2.24) is 4.90 Å². The topological polar surface area (TPSA) is 15.3 Å². The molecule has 1 unspecified atom stereocenters. The molecule has 0 radical (unpaired) electrons. The molecule has 0 saturated carbocycles. The van der Waals surface area contributed by atoms with Crippen molar-refractivity contribution in [3.05, 3.63) is 30.3 Å². The highest BCUT2D eigenvalue weighted by molar-refractivity contribution is 5.43. The van der Waals surface area contributed by atoms with Crippen molar-refractivity contribution in [3.63, 3.8) is 0 Å². The first kappa shape index (κ1) is 10.5. The van der Waals surface area contributed by atoms with Crippen LogP contribution in [0.1, 0.15) is 19.3 Å². The third-order valence-corrected chi connectivity index (χ3v) is 3.10. The van der Waals surface area contributed by atoms with Gasteiger partial charge in [-0.2, -0.15) is 0 Å². The summed E-state index contributed by atoms with van der Waals surface area (Å²) in [5.74, 6) is 0. The maximum atomic E-state index is 3.61. The first-order valence-electron chi connectivity index (χ1n) is 5.85. The van der Waals surface area contributed by atoms with Gasteiger partial charge in [0.2, 0.25) is 0 Å². The van der Waals surface area contributed by atoms with Gasteiger partial charge in [0.1, 0.15) is 0 Å². The van der Waals surface area contributed by atoms with Crippen molar-refractivity contribution in [1.29, 1.82) is 0 Å². The van der Waals surface area contributed by atoms with E-state index in [1.54, 1.807) is 0 Å².